The monoisotopic (exact) mass is 331 g/mol. The van der Waals surface area contributed by atoms with Crippen molar-refractivity contribution in [3.63, 3.8) is 0 Å². The molecule has 20 heavy (non-hydrogen) atoms. The Balaban J connectivity index is 2.39. The second kappa shape index (κ2) is 5.98. The zero-order chi connectivity index (χ0) is 14.7. The number of aryl methyl sites for hydroxylation is 1. The maximum absolute atomic E-state index is 13.8. The minimum Gasteiger partial charge on any atom is -0.292 e. The normalized spacial score (nSPS) is 11.7. The lowest BCUT2D eigenvalue weighted by Gasteiger charge is -2.10. The quantitative estimate of drug-likeness (QED) is 0.783. The highest BCUT2D eigenvalue weighted by atomic mass is 79.9. The van der Waals surface area contributed by atoms with Crippen molar-refractivity contribution in [2.24, 2.45) is 0 Å². The molecule has 0 amide bonds. The van der Waals surface area contributed by atoms with Crippen LogP contribution in [-0.2, 0) is 0 Å². The predicted octanol–water partition coefficient (Wildman–Crippen LogP) is 4.39. The maximum Gasteiger partial charge on any atom is 0.187 e. The van der Waals surface area contributed by atoms with E-state index in [-0.39, 0.29) is 5.56 Å². The Morgan fingerprint density at radius 3 is 2.45 bits per heavy atom. The van der Waals surface area contributed by atoms with E-state index in [0.29, 0.717) is 10.0 Å². The van der Waals surface area contributed by atoms with Crippen LogP contribution in [0.3, 0.4) is 0 Å². The van der Waals surface area contributed by atoms with E-state index in [1.165, 1.54) is 12.1 Å². The molecule has 4 heteroatoms. The van der Waals surface area contributed by atoms with Crippen LogP contribution in [0.15, 0.2) is 46.9 Å². The van der Waals surface area contributed by atoms with Gasteiger partial charge in [-0.25, -0.2) is 4.39 Å². The van der Waals surface area contributed by atoms with Gasteiger partial charge in [-0.1, -0.05) is 45.8 Å². The number of hydrogen-bond acceptors (Lipinski definition) is 2. The van der Waals surface area contributed by atoms with Crippen LogP contribution in [0.25, 0.3) is 0 Å². The number of hydrogen-bond donors (Lipinski definition) is 0. The molecule has 0 N–H and O–H groups in total. The summed E-state index contributed by atoms with van der Waals surface area (Å²) in [4.78, 5) is 12.3. The van der Waals surface area contributed by atoms with Crippen molar-refractivity contribution in [3.8, 4) is 6.07 Å². The van der Waals surface area contributed by atoms with Crippen LogP contribution in [0.2, 0.25) is 0 Å². The van der Waals surface area contributed by atoms with Gasteiger partial charge in [0.05, 0.1) is 11.6 Å². The number of Topliss-reactive ketones (excluding diaryl/α,β-unsaturated/α-hetero) is 1. The minimum absolute atomic E-state index is 0.0691. The zero-order valence-corrected chi connectivity index (χ0v) is 12.3. The topological polar surface area (TPSA) is 40.9 Å². The van der Waals surface area contributed by atoms with E-state index in [2.05, 4.69) is 15.9 Å². The molecule has 0 heterocycles. The van der Waals surface area contributed by atoms with Crippen molar-refractivity contribution in [1.82, 2.24) is 0 Å². The highest BCUT2D eigenvalue weighted by Gasteiger charge is 2.24. The number of nitriles is 1. The van der Waals surface area contributed by atoms with Gasteiger partial charge in [-0.15, -0.1) is 0 Å². The molecule has 0 aromatic heterocycles. The summed E-state index contributed by atoms with van der Waals surface area (Å²) in [7, 11) is 0. The molecule has 0 saturated heterocycles. The zero-order valence-electron chi connectivity index (χ0n) is 10.7. The first kappa shape index (κ1) is 14.4. The van der Waals surface area contributed by atoms with Crippen LogP contribution in [0.4, 0.5) is 4.39 Å². The van der Waals surface area contributed by atoms with Gasteiger partial charge in [0.25, 0.3) is 0 Å². The molecule has 2 nitrogen and oxygen atoms in total. The van der Waals surface area contributed by atoms with E-state index in [0.717, 1.165) is 5.56 Å². The molecule has 2 aromatic rings. The number of ketones is 1. The molecule has 0 fully saturated rings. The van der Waals surface area contributed by atoms with Crippen LogP contribution >= 0.6 is 15.9 Å². The van der Waals surface area contributed by atoms with Gasteiger partial charge in [0, 0.05) is 4.47 Å². The Labute approximate surface area is 125 Å². The van der Waals surface area contributed by atoms with E-state index >= 15 is 0 Å². The third kappa shape index (κ3) is 2.94. The summed E-state index contributed by atoms with van der Waals surface area (Å²) in [6, 6.07) is 13.2. The fraction of sp³-hybridized carbons (Fsp3) is 0.125. The molecule has 0 aliphatic rings. The molecule has 0 aliphatic carbocycles. The van der Waals surface area contributed by atoms with E-state index < -0.39 is 17.5 Å². The SMILES string of the molecule is Cc1ccc(C(C#N)C(=O)c2ccc(Br)cc2F)cc1. The van der Waals surface area contributed by atoms with E-state index in [4.69, 9.17) is 0 Å². The van der Waals surface area contributed by atoms with Gasteiger partial charge in [0.2, 0.25) is 0 Å². The number of carbonyl (C=O) groups excluding carboxylic acids is 1. The second-order valence-corrected chi connectivity index (χ2v) is 5.38. The van der Waals surface area contributed by atoms with Crippen LogP contribution < -0.4 is 0 Å². The van der Waals surface area contributed by atoms with Gasteiger partial charge in [-0.3, -0.25) is 4.79 Å². The van der Waals surface area contributed by atoms with E-state index in [1.54, 1.807) is 18.2 Å². The Morgan fingerprint density at radius 2 is 1.90 bits per heavy atom. The highest BCUT2D eigenvalue weighted by molar-refractivity contribution is 9.10. The minimum atomic E-state index is -0.994. The Kier molecular flexibility index (Phi) is 4.31. The fourth-order valence-corrected chi connectivity index (χ4v) is 2.22. The molecule has 2 aromatic carbocycles. The molecule has 0 aliphatic heterocycles. The van der Waals surface area contributed by atoms with Gasteiger partial charge < -0.3 is 0 Å². The first-order valence-corrected chi connectivity index (χ1v) is 6.77. The second-order valence-electron chi connectivity index (χ2n) is 4.46. The van der Waals surface area contributed by atoms with Gasteiger partial charge in [0.15, 0.2) is 5.78 Å². The summed E-state index contributed by atoms with van der Waals surface area (Å²) in [6.45, 7) is 1.92. The van der Waals surface area contributed by atoms with Gasteiger partial charge >= 0.3 is 0 Å². The lowest BCUT2D eigenvalue weighted by Crippen LogP contribution is -2.13. The fourth-order valence-electron chi connectivity index (χ4n) is 1.89. The van der Waals surface area contributed by atoms with Crippen LogP contribution in [0, 0.1) is 24.1 Å². The van der Waals surface area contributed by atoms with E-state index in [1.807, 2.05) is 25.1 Å². The molecular weight excluding hydrogens is 321 g/mol. The molecule has 0 radical (unpaired) electrons. The summed E-state index contributed by atoms with van der Waals surface area (Å²) < 4.78 is 14.4. The average molecular weight is 332 g/mol. The van der Waals surface area contributed by atoms with Crippen molar-refractivity contribution in [2.75, 3.05) is 0 Å². The lowest BCUT2D eigenvalue weighted by atomic mass is 9.91. The van der Waals surface area contributed by atoms with Crippen molar-refractivity contribution in [2.45, 2.75) is 12.8 Å². The molecular formula is C16H11BrFNO. The number of carbonyl (C=O) groups is 1. The lowest BCUT2D eigenvalue weighted by molar-refractivity contribution is 0.0975. The number of nitrogens with zero attached hydrogens (tertiary/aromatic N) is 1. The number of halogens is 2. The summed E-state index contributed by atoms with van der Waals surface area (Å²) in [5.41, 5.74) is 1.54. The smallest absolute Gasteiger partial charge is 0.187 e. The van der Waals surface area contributed by atoms with E-state index in [9.17, 15) is 14.4 Å². The Hall–Kier alpha value is -1.99. The van der Waals surface area contributed by atoms with Crippen LogP contribution in [-0.4, -0.2) is 5.78 Å². The standard InChI is InChI=1S/C16H11BrFNO/c1-10-2-4-11(5-3-10)14(9-19)16(20)13-7-6-12(17)8-15(13)18/h2-8,14H,1H3. The van der Waals surface area contributed by atoms with Crippen molar-refractivity contribution in [1.29, 1.82) is 5.26 Å². The number of rotatable bonds is 3. The molecule has 0 spiro atoms. The summed E-state index contributed by atoms with van der Waals surface area (Å²) in [5.74, 6) is -2.15. The molecule has 2 rings (SSSR count). The first-order valence-electron chi connectivity index (χ1n) is 5.98. The molecule has 0 bridgehead atoms. The van der Waals surface area contributed by atoms with Gasteiger partial charge in [-0.05, 0) is 30.7 Å². The molecule has 0 saturated carbocycles. The number of benzene rings is 2. The third-order valence-corrected chi connectivity index (χ3v) is 3.49. The van der Waals surface area contributed by atoms with Crippen LogP contribution in [0.1, 0.15) is 27.4 Å². The van der Waals surface area contributed by atoms with Crippen LogP contribution in [0.5, 0.6) is 0 Å². The van der Waals surface area contributed by atoms with Gasteiger partial charge in [-0.2, -0.15) is 5.26 Å². The van der Waals surface area contributed by atoms with Crippen molar-refractivity contribution >= 4 is 21.7 Å². The molecule has 1 unspecified atom stereocenters. The largest absolute Gasteiger partial charge is 0.292 e. The molecule has 1 atom stereocenters. The Morgan fingerprint density at radius 1 is 1.25 bits per heavy atom. The van der Waals surface area contributed by atoms with Crippen molar-refractivity contribution in [3.05, 3.63) is 69.4 Å². The molecule has 100 valence electrons. The first-order chi connectivity index (χ1) is 9.52. The Bertz CT molecular complexity index is 689. The van der Waals surface area contributed by atoms with Crippen molar-refractivity contribution < 1.29 is 9.18 Å². The third-order valence-electron chi connectivity index (χ3n) is 3.00. The predicted molar refractivity (Wildman–Crippen MR) is 78.0 cm³/mol. The van der Waals surface area contributed by atoms with Gasteiger partial charge in [0.1, 0.15) is 11.7 Å². The summed E-state index contributed by atoms with van der Waals surface area (Å²) in [6.07, 6.45) is 0. The summed E-state index contributed by atoms with van der Waals surface area (Å²) in [5, 5.41) is 9.22. The maximum atomic E-state index is 13.8. The summed E-state index contributed by atoms with van der Waals surface area (Å²) >= 11 is 3.14. The highest BCUT2D eigenvalue weighted by Crippen LogP contribution is 2.24. The average Bonchev–Trinajstić information content (AvgIpc) is 2.41.